The van der Waals surface area contributed by atoms with E-state index in [4.69, 9.17) is 4.74 Å². The lowest BCUT2D eigenvalue weighted by molar-refractivity contribution is 0.0947. The molecule has 2 N–H and O–H groups in total. The maximum Gasteiger partial charge on any atom is 0.267 e. The summed E-state index contributed by atoms with van der Waals surface area (Å²) < 4.78 is 5.24. The van der Waals surface area contributed by atoms with Crippen molar-refractivity contribution in [2.75, 3.05) is 13.7 Å². The molecule has 0 atom stereocenters. The number of aryl methyl sites for hydroxylation is 1. The fourth-order valence-electron chi connectivity index (χ4n) is 2.28. The largest absolute Gasteiger partial charge is 0.497 e. The zero-order chi connectivity index (χ0) is 13.4. The van der Waals surface area contributed by atoms with E-state index >= 15 is 0 Å². The molecule has 2 aromatic rings. The average Bonchev–Trinajstić information content (AvgIpc) is 3.13. The topological polar surface area (TPSA) is 54.1 Å². The lowest BCUT2D eigenvalue weighted by Gasteiger charge is -2.01. The number of methoxy groups -OCH3 is 1. The molecule has 3 rings (SSSR count). The van der Waals surface area contributed by atoms with Gasteiger partial charge in [0.05, 0.1) is 7.11 Å². The smallest absolute Gasteiger partial charge is 0.267 e. The molecule has 1 saturated carbocycles. The third-order valence-electron chi connectivity index (χ3n) is 3.65. The molecule has 1 aliphatic rings. The lowest BCUT2D eigenvalue weighted by atomic mass is 10.1. The number of rotatable bonds is 4. The molecule has 0 aliphatic heterocycles. The molecule has 0 unspecified atom stereocenters. The second kappa shape index (κ2) is 4.61. The van der Waals surface area contributed by atoms with E-state index in [0.29, 0.717) is 11.6 Å². The first-order chi connectivity index (χ1) is 9.17. The third-order valence-corrected chi connectivity index (χ3v) is 3.65. The molecule has 100 valence electrons. The monoisotopic (exact) mass is 258 g/mol. The fraction of sp³-hybridized carbons (Fsp3) is 0.400. The molecule has 1 fully saturated rings. The highest BCUT2D eigenvalue weighted by molar-refractivity contribution is 5.99. The Morgan fingerprint density at radius 2 is 2.21 bits per heavy atom. The molecule has 1 amide bonds. The van der Waals surface area contributed by atoms with Crippen LogP contribution in [-0.4, -0.2) is 24.5 Å². The number of H-pyrrole nitrogens is 1. The molecule has 1 aliphatic carbocycles. The van der Waals surface area contributed by atoms with Crippen LogP contribution in [0.3, 0.4) is 0 Å². The highest BCUT2D eigenvalue weighted by Crippen LogP contribution is 2.28. The van der Waals surface area contributed by atoms with Crippen LogP contribution in [-0.2, 0) is 0 Å². The van der Waals surface area contributed by atoms with Crippen molar-refractivity contribution in [1.29, 1.82) is 0 Å². The van der Waals surface area contributed by atoms with Gasteiger partial charge < -0.3 is 15.0 Å². The molecule has 1 heterocycles. The number of hydrogen-bond donors (Lipinski definition) is 2. The predicted molar refractivity (Wildman–Crippen MR) is 74.6 cm³/mol. The first-order valence-corrected chi connectivity index (χ1v) is 6.63. The van der Waals surface area contributed by atoms with Gasteiger partial charge in [0.15, 0.2) is 0 Å². The van der Waals surface area contributed by atoms with Gasteiger partial charge in [-0.2, -0.15) is 0 Å². The third kappa shape index (κ3) is 2.43. The fourth-order valence-corrected chi connectivity index (χ4v) is 2.28. The molecular formula is C15H18N2O2. The van der Waals surface area contributed by atoms with Gasteiger partial charge in [0.1, 0.15) is 11.4 Å². The van der Waals surface area contributed by atoms with E-state index in [2.05, 4.69) is 10.3 Å². The minimum Gasteiger partial charge on any atom is -0.497 e. The second-order valence-electron chi connectivity index (χ2n) is 5.24. The quantitative estimate of drug-likeness (QED) is 0.885. The van der Waals surface area contributed by atoms with Crippen molar-refractivity contribution in [1.82, 2.24) is 10.3 Å². The summed E-state index contributed by atoms with van der Waals surface area (Å²) in [5, 5.41) is 4.04. The molecule has 19 heavy (non-hydrogen) atoms. The summed E-state index contributed by atoms with van der Waals surface area (Å²) in [6, 6.07) is 5.80. The van der Waals surface area contributed by atoms with Crippen LogP contribution in [0.4, 0.5) is 0 Å². The number of fused-ring (bicyclic) bond motifs is 1. The Hall–Kier alpha value is -1.97. The SMILES string of the molecule is COc1cc(C)c2cc(C(=O)NCC3CC3)[nH]c2c1. The summed E-state index contributed by atoms with van der Waals surface area (Å²) in [5.41, 5.74) is 2.66. The Balaban J connectivity index is 1.87. The minimum atomic E-state index is -0.0264. The molecule has 4 heteroatoms. The van der Waals surface area contributed by atoms with Gasteiger partial charge in [-0.3, -0.25) is 4.79 Å². The van der Waals surface area contributed by atoms with Crippen LogP contribution in [0.15, 0.2) is 18.2 Å². The van der Waals surface area contributed by atoms with E-state index in [1.54, 1.807) is 7.11 Å². The zero-order valence-electron chi connectivity index (χ0n) is 11.2. The van der Waals surface area contributed by atoms with Gasteiger partial charge in [-0.1, -0.05) is 0 Å². The van der Waals surface area contributed by atoms with E-state index in [-0.39, 0.29) is 5.91 Å². The highest BCUT2D eigenvalue weighted by atomic mass is 16.5. The Morgan fingerprint density at radius 1 is 1.42 bits per heavy atom. The molecule has 0 radical (unpaired) electrons. The maximum atomic E-state index is 12.0. The van der Waals surface area contributed by atoms with Gasteiger partial charge in [-0.25, -0.2) is 0 Å². The first kappa shape index (κ1) is 12.1. The van der Waals surface area contributed by atoms with Crippen molar-refractivity contribution in [3.63, 3.8) is 0 Å². The van der Waals surface area contributed by atoms with Crippen LogP contribution >= 0.6 is 0 Å². The van der Waals surface area contributed by atoms with Gasteiger partial charge >= 0.3 is 0 Å². The van der Waals surface area contributed by atoms with Gasteiger partial charge in [-0.15, -0.1) is 0 Å². The number of nitrogens with one attached hydrogen (secondary N) is 2. The Labute approximate surface area is 112 Å². The van der Waals surface area contributed by atoms with E-state index in [0.717, 1.165) is 28.8 Å². The normalized spacial score (nSPS) is 14.6. The van der Waals surface area contributed by atoms with Gasteiger partial charge in [-0.05, 0) is 43.4 Å². The van der Waals surface area contributed by atoms with Gasteiger partial charge in [0, 0.05) is 23.5 Å². The summed E-state index contributed by atoms with van der Waals surface area (Å²) in [6.45, 7) is 2.81. The molecule has 0 saturated heterocycles. The molecule has 4 nitrogen and oxygen atoms in total. The van der Waals surface area contributed by atoms with Gasteiger partial charge in [0.25, 0.3) is 5.91 Å². The maximum absolute atomic E-state index is 12.0. The van der Waals surface area contributed by atoms with Crippen LogP contribution in [0, 0.1) is 12.8 Å². The first-order valence-electron chi connectivity index (χ1n) is 6.63. The van der Waals surface area contributed by atoms with Crippen molar-refractivity contribution < 1.29 is 9.53 Å². The predicted octanol–water partition coefficient (Wildman–Crippen LogP) is 2.62. The lowest BCUT2D eigenvalue weighted by Crippen LogP contribution is -2.25. The number of carbonyl (C=O) groups is 1. The summed E-state index contributed by atoms with van der Waals surface area (Å²) in [7, 11) is 1.65. The second-order valence-corrected chi connectivity index (χ2v) is 5.24. The van der Waals surface area contributed by atoms with Crippen molar-refractivity contribution >= 4 is 16.8 Å². The van der Waals surface area contributed by atoms with E-state index in [9.17, 15) is 4.79 Å². The summed E-state index contributed by atoms with van der Waals surface area (Å²) >= 11 is 0. The van der Waals surface area contributed by atoms with Crippen molar-refractivity contribution in [3.05, 3.63) is 29.5 Å². The summed E-state index contributed by atoms with van der Waals surface area (Å²) in [4.78, 5) is 15.2. The van der Waals surface area contributed by atoms with Crippen LogP contribution in [0.5, 0.6) is 5.75 Å². The van der Waals surface area contributed by atoms with Crippen molar-refractivity contribution in [3.8, 4) is 5.75 Å². The molecule has 1 aromatic heterocycles. The molecule has 0 bridgehead atoms. The van der Waals surface area contributed by atoms with Crippen LogP contribution < -0.4 is 10.1 Å². The van der Waals surface area contributed by atoms with Gasteiger partial charge in [0.2, 0.25) is 0 Å². The van der Waals surface area contributed by atoms with E-state index in [1.807, 2.05) is 25.1 Å². The van der Waals surface area contributed by atoms with Crippen LogP contribution in [0.25, 0.3) is 10.9 Å². The van der Waals surface area contributed by atoms with Crippen molar-refractivity contribution in [2.24, 2.45) is 5.92 Å². The summed E-state index contributed by atoms with van der Waals surface area (Å²) in [6.07, 6.45) is 2.48. The highest BCUT2D eigenvalue weighted by Gasteiger charge is 2.22. The van der Waals surface area contributed by atoms with E-state index < -0.39 is 0 Å². The molecular weight excluding hydrogens is 240 g/mol. The number of aromatic amines is 1. The summed E-state index contributed by atoms with van der Waals surface area (Å²) in [5.74, 6) is 1.47. The Bertz CT molecular complexity index is 626. The minimum absolute atomic E-state index is 0.0264. The number of benzene rings is 1. The number of aromatic nitrogens is 1. The number of ether oxygens (including phenoxy) is 1. The number of amides is 1. The van der Waals surface area contributed by atoms with E-state index in [1.165, 1.54) is 12.8 Å². The zero-order valence-corrected chi connectivity index (χ0v) is 11.2. The number of hydrogen-bond acceptors (Lipinski definition) is 2. The molecule has 1 aromatic carbocycles. The Kier molecular flexibility index (Phi) is 2.93. The standard InChI is InChI=1S/C15H18N2O2/c1-9-5-11(19-2)6-13-12(9)7-14(17-13)15(18)16-8-10-3-4-10/h5-7,10,17H,3-4,8H2,1-2H3,(H,16,18). The molecule has 0 spiro atoms. The van der Waals surface area contributed by atoms with Crippen molar-refractivity contribution in [2.45, 2.75) is 19.8 Å². The number of carbonyl (C=O) groups excluding carboxylic acids is 1. The Morgan fingerprint density at radius 3 is 2.89 bits per heavy atom. The average molecular weight is 258 g/mol. The van der Waals surface area contributed by atoms with Crippen LogP contribution in [0.2, 0.25) is 0 Å². The van der Waals surface area contributed by atoms with Crippen LogP contribution in [0.1, 0.15) is 28.9 Å².